The number of nitrogens with zero attached hydrogens (tertiary/aromatic N) is 1. The second kappa shape index (κ2) is 10.1. The predicted molar refractivity (Wildman–Crippen MR) is 120 cm³/mol. The second-order valence-corrected chi connectivity index (χ2v) is 8.14. The Kier molecular flexibility index (Phi) is 7.25. The van der Waals surface area contributed by atoms with Crippen molar-refractivity contribution in [2.45, 2.75) is 13.8 Å². The molecule has 0 aromatic heterocycles. The van der Waals surface area contributed by atoms with Crippen molar-refractivity contribution in [3.05, 3.63) is 75.7 Å². The normalized spacial score (nSPS) is 14.8. The zero-order valence-electron chi connectivity index (χ0n) is 17.3. The van der Waals surface area contributed by atoms with E-state index in [1.54, 1.807) is 18.2 Å². The molecule has 0 unspecified atom stereocenters. The molecular weight excluding hydrogens is 414 g/mol. The molecule has 1 aliphatic heterocycles. The van der Waals surface area contributed by atoms with Gasteiger partial charge in [-0.15, -0.1) is 0 Å². The van der Waals surface area contributed by atoms with Crippen molar-refractivity contribution in [2.24, 2.45) is 0 Å². The van der Waals surface area contributed by atoms with Crippen LogP contribution in [-0.4, -0.2) is 47.5 Å². The van der Waals surface area contributed by atoms with Gasteiger partial charge < -0.3 is 10.6 Å². The minimum absolute atomic E-state index is 0.0630. The number of carbonyl (C=O) groups is 4. The van der Waals surface area contributed by atoms with Gasteiger partial charge in [0.1, 0.15) is 0 Å². The predicted octanol–water partition coefficient (Wildman–Crippen LogP) is 2.89. The minimum Gasteiger partial charge on any atom is -0.353 e. The highest BCUT2D eigenvalue weighted by molar-refractivity contribution is 8.18. The molecule has 0 atom stereocenters. The summed E-state index contributed by atoms with van der Waals surface area (Å²) in [7, 11) is 0. The van der Waals surface area contributed by atoms with Gasteiger partial charge in [0, 0.05) is 18.7 Å². The van der Waals surface area contributed by atoms with Crippen molar-refractivity contribution in [3.8, 4) is 0 Å². The van der Waals surface area contributed by atoms with Crippen LogP contribution in [0.25, 0.3) is 6.08 Å². The van der Waals surface area contributed by atoms with E-state index in [1.807, 2.05) is 50.2 Å². The van der Waals surface area contributed by atoms with Gasteiger partial charge in [-0.05, 0) is 49.4 Å². The topological polar surface area (TPSA) is 95.6 Å². The third-order valence-corrected chi connectivity index (χ3v) is 5.54. The largest absolute Gasteiger partial charge is 0.353 e. The van der Waals surface area contributed by atoms with Gasteiger partial charge in [-0.25, -0.2) is 0 Å². The van der Waals surface area contributed by atoms with Crippen LogP contribution in [0, 0.1) is 13.8 Å². The van der Waals surface area contributed by atoms with E-state index in [4.69, 9.17) is 0 Å². The zero-order valence-corrected chi connectivity index (χ0v) is 18.1. The van der Waals surface area contributed by atoms with Crippen LogP contribution in [0.3, 0.4) is 0 Å². The van der Waals surface area contributed by atoms with Crippen molar-refractivity contribution in [1.82, 2.24) is 15.5 Å². The van der Waals surface area contributed by atoms with Crippen LogP contribution in [0.2, 0.25) is 0 Å². The fourth-order valence-electron chi connectivity index (χ4n) is 2.84. The molecule has 1 aliphatic rings. The highest BCUT2D eigenvalue weighted by Gasteiger charge is 2.34. The Morgan fingerprint density at radius 3 is 2.19 bits per heavy atom. The lowest BCUT2D eigenvalue weighted by Crippen LogP contribution is -2.41. The molecule has 2 N–H and O–H groups in total. The number of amides is 4. The average molecular weight is 438 g/mol. The summed E-state index contributed by atoms with van der Waals surface area (Å²) in [6.07, 6.45) is 1.68. The van der Waals surface area contributed by atoms with E-state index in [-0.39, 0.29) is 36.7 Å². The lowest BCUT2D eigenvalue weighted by atomic mass is 10.1. The summed E-state index contributed by atoms with van der Waals surface area (Å²) in [5.74, 6) is -1.12. The van der Waals surface area contributed by atoms with Crippen LogP contribution in [-0.2, 0) is 9.59 Å². The number of rotatable bonds is 7. The van der Waals surface area contributed by atoms with Crippen molar-refractivity contribution in [2.75, 3.05) is 19.6 Å². The molecule has 0 spiro atoms. The Labute approximate surface area is 184 Å². The summed E-state index contributed by atoms with van der Waals surface area (Å²) < 4.78 is 0. The third-order valence-electron chi connectivity index (χ3n) is 4.63. The van der Waals surface area contributed by atoms with E-state index in [1.165, 1.54) is 0 Å². The molecule has 2 aromatic rings. The number of hydrogen-bond donors (Lipinski definition) is 2. The first-order valence-corrected chi connectivity index (χ1v) is 10.6. The van der Waals surface area contributed by atoms with Gasteiger partial charge in [0.15, 0.2) is 0 Å². The first-order chi connectivity index (χ1) is 14.8. The van der Waals surface area contributed by atoms with Crippen molar-refractivity contribution < 1.29 is 19.2 Å². The Morgan fingerprint density at radius 1 is 0.935 bits per heavy atom. The standard InChI is InChI=1S/C23H23N3O4S/c1-15-3-7-17(8-4-15)13-19-22(29)26(23(30)31-19)12-11-24-20(27)14-25-21(28)18-9-5-16(2)6-10-18/h3-10,13H,11-12,14H2,1-2H3,(H,24,27)(H,25,28)/b19-13+. The maximum absolute atomic E-state index is 12.5. The van der Waals surface area contributed by atoms with Crippen molar-refractivity contribution in [1.29, 1.82) is 0 Å². The van der Waals surface area contributed by atoms with Crippen molar-refractivity contribution >= 4 is 40.8 Å². The van der Waals surface area contributed by atoms with E-state index in [0.717, 1.165) is 33.4 Å². The monoisotopic (exact) mass is 437 g/mol. The Morgan fingerprint density at radius 2 is 1.55 bits per heavy atom. The Balaban J connectivity index is 1.45. The molecule has 0 radical (unpaired) electrons. The fourth-order valence-corrected chi connectivity index (χ4v) is 3.71. The van der Waals surface area contributed by atoms with Gasteiger partial charge in [0.25, 0.3) is 17.1 Å². The average Bonchev–Trinajstić information content (AvgIpc) is 3.01. The van der Waals surface area contributed by atoms with E-state index in [2.05, 4.69) is 10.6 Å². The first-order valence-electron chi connectivity index (χ1n) is 9.77. The lowest BCUT2D eigenvalue weighted by Gasteiger charge is -2.13. The summed E-state index contributed by atoms with van der Waals surface area (Å²) >= 11 is 0.881. The maximum Gasteiger partial charge on any atom is 0.293 e. The summed E-state index contributed by atoms with van der Waals surface area (Å²) in [5.41, 5.74) is 3.46. The zero-order chi connectivity index (χ0) is 22.4. The van der Waals surface area contributed by atoms with Crippen LogP contribution in [0.5, 0.6) is 0 Å². The van der Waals surface area contributed by atoms with Crippen LogP contribution in [0.15, 0.2) is 53.4 Å². The molecular formula is C23H23N3O4S. The van der Waals surface area contributed by atoms with Crippen LogP contribution in [0.4, 0.5) is 4.79 Å². The van der Waals surface area contributed by atoms with E-state index in [0.29, 0.717) is 10.5 Å². The number of aryl methyl sites for hydroxylation is 2. The summed E-state index contributed by atoms with van der Waals surface area (Å²) in [5, 5.41) is 4.78. The van der Waals surface area contributed by atoms with Crippen LogP contribution in [0.1, 0.15) is 27.0 Å². The molecule has 31 heavy (non-hydrogen) atoms. The minimum atomic E-state index is -0.400. The molecule has 4 amide bonds. The van der Waals surface area contributed by atoms with Gasteiger partial charge in [0.05, 0.1) is 11.4 Å². The molecule has 160 valence electrons. The summed E-state index contributed by atoms with van der Waals surface area (Å²) in [4.78, 5) is 50.1. The van der Waals surface area contributed by atoms with Crippen molar-refractivity contribution in [3.63, 3.8) is 0 Å². The molecule has 1 saturated heterocycles. The highest BCUT2D eigenvalue weighted by Crippen LogP contribution is 2.31. The van der Waals surface area contributed by atoms with Gasteiger partial charge in [0.2, 0.25) is 5.91 Å². The molecule has 8 heteroatoms. The molecule has 1 heterocycles. The van der Waals surface area contributed by atoms with Crippen LogP contribution < -0.4 is 10.6 Å². The Bertz CT molecular complexity index is 1030. The van der Waals surface area contributed by atoms with Gasteiger partial charge in [-0.1, -0.05) is 47.5 Å². The van der Waals surface area contributed by atoms with E-state index >= 15 is 0 Å². The molecule has 0 bridgehead atoms. The lowest BCUT2D eigenvalue weighted by molar-refractivity contribution is -0.124. The second-order valence-electron chi connectivity index (χ2n) is 7.14. The first kappa shape index (κ1) is 22.3. The molecule has 0 saturated carbocycles. The summed E-state index contributed by atoms with van der Waals surface area (Å²) in [6.45, 7) is 3.87. The molecule has 7 nitrogen and oxygen atoms in total. The number of nitrogens with one attached hydrogen (secondary N) is 2. The quantitative estimate of drug-likeness (QED) is 0.650. The number of benzene rings is 2. The summed E-state index contributed by atoms with van der Waals surface area (Å²) in [6, 6.07) is 14.6. The number of carbonyl (C=O) groups excluding carboxylic acids is 4. The smallest absolute Gasteiger partial charge is 0.293 e. The van der Waals surface area contributed by atoms with E-state index < -0.39 is 5.91 Å². The van der Waals surface area contributed by atoms with Crippen LogP contribution >= 0.6 is 11.8 Å². The molecule has 0 aliphatic carbocycles. The maximum atomic E-state index is 12.5. The third kappa shape index (κ3) is 6.05. The SMILES string of the molecule is Cc1ccc(/C=C2/SC(=O)N(CCNC(=O)CNC(=O)c3ccc(C)cc3)C2=O)cc1. The Hall–Kier alpha value is -3.39. The number of hydrogen-bond acceptors (Lipinski definition) is 5. The fraction of sp³-hybridized carbons (Fsp3) is 0.217. The molecule has 3 rings (SSSR count). The highest BCUT2D eigenvalue weighted by atomic mass is 32.2. The van der Waals surface area contributed by atoms with Gasteiger partial charge in [-0.3, -0.25) is 24.1 Å². The number of imide groups is 1. The van der Waals surface area contributed by atoms with Gasteiger partial charge in [-0.2, -0.15) is 0 Å². The van der Waals surface area contributed by atoms with Gasteiger partial charge >= 0.3 is 0 Å². The van der Waals surface area contributed by atoms with E-state index in [9.17, 15) is 19.2 Å². The molecule has 1 fully saturated rings. The molecule has 2 aromatic carbocycles. The number of thioether (sulfide) groups is 1.